The van der Waals surface area contributed by atoms with E-state index in [0.717, 1.165) is 6.92 Å². The number of halogens is 1. The summed E-state index contributed by atoms with van der Waals surface area (Å²) < 4.78 is 22.3. The Kier molecular flexibility index (Phi) is 4.78. The first-order chi connectivity index (χ1) is 12.0. The van der Waals surface area contributed by atoms with Crippen molar-refractivity contribution in [1.82, 2.24) is 19.5 Å². The predicted molar refractivity (Wildman–Crippen MR) is 86.9 cm³/mol. The van der Waals surface area contributed by atoms with E-state index in [1.807, 2.05) is 0 Å². The molecule has 3 heterocycles. The Morgan fingerprint density at radius 1 is 1.58 bits per heavy atom. The number of ketones is 1. The van der Waals surface area contributed by atoms with E-state index in [1.165, 1.54) is 10.9 Å². The molecule has 14 heteroatoms. The number of fused-ring (bicyclic) bond motifs is 1. The number of aliphatic hydroxyl groups is 1. The van der Waals surface area contributed by atoms with Crippen molar-refractivity contribution in [2.24, 2.45) is 0 Å². The minimum Gasteiger partial charge on any atom is -0.382 e. The van der Waals surface area contributed by atoms with Crippen LogP contribution in [0.25, 0.3) is 11.2 Å². The second-order valence-corrected chi connectivity index (χ2v) is 7.33. The average molecular weight is 408 g/mol. The highest BCUT2D eigenvalue weighted by molar-refractivity contribution is 7.46. The van der Waals surface area contributed by atoms with E-state index in [2.05, 4.69) is 19.5 Å². The Bertz CT molecular complexity index is 917. The summed E-state index contributed by atoms with van der Waals surface area (Å²) >= 11 is 5.80. The van der Waals surface area contributed by atoms with Crippen molar-refractivity contribution in [3.05, 3.63) is 11.6 Å². The number of imidazole rings is 1. The fraction of sp³-hybridized carbons (Fsp3) is 0.500. The van der Waals surface area contributed by atoms with Crippen molar-refractivity contribution in [2.75, 3.05) is 12.3 Å². The smallest absolute Gasteiger partial charge is 0.382 e. The van der Waals surface area contributed by atoms with Crippen LogP contribution in [0.2, 0.25) is 5.28 Å². The standard InChI is InChI=1S/C12H15ClN5O7P/c1-5(19)12(20)2-7(25-6(12)3-24-26(21,22)23)18-4-15-8-9(14)16-11(13)17-10(8)18/h4,6-7,20H,2-3H2,1H3,(H2,14,16,17)(H2,21,22,23)/t6-,7-,12-/m1/s1. The van der Waals surface area contributed by atoms with Crippen LogP contribution in [-0.4, -0.2) is 58.5 Å². The molecule has 12 nitrogen and oxygen atoms in total. The lowest BCUT2D eigenvalue weighted by Gasteiger charge is -2.24. The Morgan fingerprint density at radius 3 is 2.88 bits per heavy atom. The topological polar surface area (TPSA) is 183 Å². The van der Waals surface area contributed by atoms with Crippen molar-refractivity contribution < 1.29 is 33.5 Å². The first-order valence-electron chi connectivity index (χ1n) is 7.26. The number of carbonyl (C=O) groups excluding carboxylic acids is 1. The Labute approximate surface area is 151 Å². The Morgan fingerprint density at radius 2 is 2.27 bits per heavy atom. The third-order valence-electron chi connectivity index (χ3n) is 4.07. The zero-order chi connectivity index (χ0) is 19.3. The summed E-state index contributed by atoms with van der Waals surface area (Å²) in [6, 6.07) is 0. The number of phosphoric acid groups is 1. The molecule has 0 unspecified atom stereocenters. The molecule has 3 atom stereocenters. The summed E-state index contributed by atoms with van der Waals surface area (Å²) in [4.78, 5) is 41.5. The van der Waals surface area contributed by atoms with Gasteiger partial charge in [-0.25, -0.2) is 9.55 Å². The van der Waals surface area contributed by atoms with E-state index >= 15 is 0 Å². The van der Waals surface area contributed by atoms with Gasteiger partial charge in [0.05, 0.1) is 12.9 Å². The molecule has 0 aliphatic carbocycles. The molecular formula is C12H15ClN5O7P. The number of anilines is 1. The molecule has 0 bridgehead atoms. The van der Waals surface area contributed by atoms with Crippen molar-refractivity contribution in [1.29, 1.82) is 0 Å². The van der Waals surface area contributed by atoms with Crippen molar-refractivity contribution >= 4 is 42.2 Å². The molecule has 2 aromatic heterocycles. The normalized spacial score (nSPS) is 26.5. The fourth-order valence-corrected chi connectivity index (χ4v) is 3.25. The lowest BCUT2D eigenvalue weighted by molar-refractivity contribution is -0.144. The highest BCUT2D eigenvalue weighted by Gasteiger charge is 2.52. The molecule has 1 saturated heterocycles. The highest BCUT2D eigenvalue weighted by Crippen LogP contribution is 2.42. The van der Waals surface area contributed by atoms with E-state index in [4.69, 9.17) is 31.9 Å². The fourth-order valence-electron chi connectivity index (χ4n) is 2.75. The van der Waals surface area contributed by atoms with Gasteiger partial charge < -0.3 is 25.4 Å². The van der Waals surface area contributed by atoms with Gasteiger partial charge in [0.25, 0.3) is 0 Å². The highest BCUT2D eigenvalue weighted by atomic mass is 35.5. The van der Waals surface area contributed by atoms with Crippen molar-refractivity contribution in [3.8, 4) is 0 Å². The van der Waals surface area contributed by atoms with E-state index < -0.39 is 38.1 Å². The van der Waals surface area contributed by atoms with E-state index in [1.54, 1.807) is 0 Å². The number of rotatable bonds is 5. The van der Waals surface area contributed by atoms with E-state index in [-0.39, 0.29) is 28.7 Å². The summed E-state index contributed by atoms with van der Waals surface area (Å²) in [6.45, 7) is 0.445. The predicted octanol–water partition coefficient (Wildman–Crippen LogP) is -0.221. The van der Waals surface area contributed by atoms with Gasteiger partial charge in [-0.1, -0.05) is 0 Å². The number of nitrogens with two attached hydrogens (primary N) is 1. The monoisotopic (exact) mass is 407 g/mol. The number of carbonyl (C=O) groups is 1. The SMILES string of the molecule is CC(=O)[C@]1(O)C[C@H](n2cnc3c(N)nc(Cl)nc32)O[C@@H]1COP(=O)(O)O. The molecule has 1 aliphatic rings. The summed E-state index contributed by atoms with van der Waals surface area (Å²) in [6.07, 6.45) is -1.14. The van der Waals surface area contributed by atoms with Gasteiger partial charge in [0.15, 0.2) is 22.8 Å². The molecule has 0 amide bonds. The quantitative estimate of drug-likeness (QED) is 0.379. The lowest BCUT2D eigenvalue weighted by Crippen LogP contribution is -2.46. The number of Topliss-reactive ketones (excluding diaryl/α,β-unsaturated/α-hetero) is 1. The lowest BCUT2D eigenvalue weighted by atomic mass is 9.91. The van der Waals surface area contributed by atoms with Gasteiger partial charge in [-0.05, 0) is 18.5 Å². The summed E-state index contributed by atoms with van der Waals surface area (Å²) in [7, 11) is -4.81. The van der Waals surface area contributed by atoms with Gasteiger partial charge in [-0.15, -0.1) is 0 Å². The maximum Gasteiger partial charge on any atom is 0.469 e. The van der Waals surface area contributed by atoms with Crippen LogP contribution in [0.4, 0.5) is 5.82 Å². The zero-order valence-corrected chi connectivity index (χ0v) is 15.0. The van der Waals surface area contributed by atoms with Gasteiger partial charge in [0.1, 0.15) is 17.8 Å². The van der Waals surface area contributed by atoms with Crippen LogP contribution in [0, 0.1) is 0 Å². The largest absolute Gasteiger partial charge is 0.469 e. The van der Waals surface area contributed by atoms with Gasteiger partial charge >= 0.3 is 7.82 Å². The van der Waals surface area contributed by atoms with Gasteiger partial charge in [0.2, 0.25) is 5.28 Å². The van der Waals surface area contributed by atoms with Crippen LogP contribution >= 0.6 is 19.4 Å². The Hall–Kier alpha value is -1.66. The first-order valence-corrected chi connectivity index (χ1v) is 9.16. The molecule has 1 fully saturated rings. The minimum atomic E-state index is -4.81. The number of hydrogen-bond acceptors (Lipinski definition) is 9. The van der Waals surface area contributed by atoms with Gasteiger partial charge in [0, 0.05) is 6.42 Å². The number of hydrogen-bond donors (Lipinski definition) is 4. The number of nitrogens with zero attached hydrogens (tertiary/aromatic N) is 4. The maximum absolute atomic E-state index is 11.9. The maximum atomic E-state index is 11.9. The number of ether oxygens (including phenoxy) is 1. The molecule has 3 rings (SSSR count). The third kappa shape index (κ3) is 3.45. The molecule has 142 valence electrons. The molecule has 26 heavy (non-hydrogen) atoms. The molecule has 2 aromatic rings. The molecular weight excluding hydrogens is 393 g/mol. The van der Waals surface area contributed by atoms with Crippen LogP contribution in [0.1, 0.15) is 19.6 Å². The molecule has 0 radical (unpaired) electrons. The molecule has 5 N–H and O–H groups in total. The Balaban J connectivity index is 1.95. The molecule has 1 aliphatic heterocycles. The second-order valence-electron chi connectivity index (χ2n) is 5.75. The van der Waals surface area contributed by atoms with Crippen LogP contribution in [0.5, 0.6) is 0 Å². The second kappa shape index (κ2) is 6.50. The van der Waals surface area contributed by atoms with Crippen molar-refractivity contribution in [3.63, 3.8) is 0 Å². The summed E-state index contributed by atoms with van der Waals surface area (Å²) in [5.41, 5.74) is 4.18. The van der Waals surface area contributed by atoms with Crippen molar-refractivity contribution in [2.45, 2.75) is 31.3 Å². The minimum absolute atomic E-state index is 0.0416. The zero-order valence-electron chi connectivity index (χ0n) is 13.3. The number of aromatic nitrogens is 4. The first kappa shape index (κ1) is 19.1. The van der Waals surface area contributed by atoms with Crippen LogP contribution in [0.3, 0.4) is 0 Å². The molecule has 0 spiro atoms. The number of nitrogen functional groups attached to an aromatic ring is 1. The van der Waals surface area contributed by atoms with Gasteiger partial charge in [-0.3, -0.25) is 13.9 Å². The van der Waals surface area contributed by atoms with E-state index in [9.17, 15) is 14.5 Å². The molecule has 0 aromatic carbocycles. The summed E-state index contributed by atoms with van der Waals surface area (Å²) in [5, 5.41) is 10.5. The van der Waals surface area contributed by atoms with Gasteiger partial charge in [-0.2, -0.15) is 9.97 Å². The molecule has 0 saturated carbocycles. The van der Waals surface area contributed by atoms with E-state index in [0.29, 0.717) is 0 Å². The third-order valence-corrected chi connectivity index (χ3v) is 4.73. The summed E-state index contributed by atoms with van der Waals surface area (Å²) in [5.74, 6) is -0.601. The number of phosphoric ester groups is 1. The average Bonchev–Trinajstić information content (AvgIpc) is 3.06. The van der Waals surface area contributed by atoms with Crippen LogP contribution < -0.4 is 5.73 Å². The van der Waals surface area contributed by atoms with Crippen LogP contribution in [-0.2, 0) is 18.6 Å². The van der Waals surface area contributed by atoms with Crippen LogP contribution in [0.15, 0.2) is 6.33 Å².